The van der Waals surface area contributed by atoms with Gasteiger partial charge in [-0.3, -0.25) is 4.79 Å². The molecular formula is C26H48O8Si. The number of carbonyl (C=O) groups is 1. The molecule has 2 saturated heterocycles. The zero-order valence-corrected chi connectivity index (χ0v) is 24.4. The molecule has 2 rings (SSSR count). The number of ether oxygens (including phenoxy) is 4. The van der Waals surface area contributed by atoms with Crippen LogP contribution in [-0.2, 0) is 32.6 Å². The van der Waals surface area contributed by atoms with Crippen LogP contribution in [0.4, 0.5) is 0 Å². The van der Waals surface area contributed by atoms with Gasteiger partial charge in [0.25, 0.3) is 0 Å². The standard InChI is InChI=1S/C26H48O8Si/c1-17(2)15-26(9)23(32-19(27)13-12-14-20(29-10)30-11)21(28)22-18(33-26)16-31-35(34-22,24(3,4)5)25(6,7)8/h18,20-23,28H,1,12-16H2,2-11H3/t18-,21+,22-,23-,26+/m0/s1. The molecule has 2 fully saturated rings. The highest BCUT2D eigenvalue weighted by Gasteiger charge is 2.66. The molecule has 0 radical (unpaired) electrons. The van der Waals surface area contributed by atoms with Crippen molar-refractivity contribution < 1.29 is 37.7 Å². The maximum absolute atomic E-state index is 12.8. The summed E-state index contributed by atoms with van der Waals surface area (Å²) in [5.41, 5.74) is -0.0884. The third-order valence-corrected chi connectivity index (χ3v) is 12.1. The van der Waals surface area contributed by atoms with E-state index in [9.17, 15) is 9.90 Å². The van der Waals surface area contributed by atoms with E-state index in [-0.39, 0.29) is 22.8 Å². The molecule has 2 heterocycles. The van der Waals surface area contributed by atoms with E-state index in [2.05, 4.69) is 48.1 Å². The largest absolute Gasteiger partial charge is 0.456 e. The van der Waals surface area contributed by atoms with E-state index >= 15 is 0 Å². The number of aliphatic hydroxyl groups is 1. The Morgan fingerprint density at radius 3 is 2.23 bits per heavy atom. The number of methoxy groups -OCH3 is 2. The van der Waals surface area contributed by atoms with Crippen LogP contribution >= 0.6 is 0 Å². The minimum Gasteiger partial charge on any atom is -0.456 e. The zero-order valence-electron chi connectivity index (χ0n) is 23.4. The van der Waals surface area contributed by atoms with Crippen molar-refractivity contribution in [3.8, 4) is 0 Å². The molecule has 0 unspecified atom stereocenters. The summed E-state index contributed by atoms with van der Waals surface area (Å²) in [6.45, 7) is 20.8. The lowest BCUT2D eigenvalue weighted by atomic mass is 9.82. The number of aliphatic hydroxyl groups excluding tert-OH is 1. The quantitative estimate of drug-likeness (QED) is 0.205. The first-order valence-corrected chi connectivity index (χ1v) is 14.4. The lowest BCUT2D eigenvalue weighted by molar-refractivity contribution is -0.283. The Morgan fingerprint density at radius 2 is 1.74 bits per heavy atom. The first kappa shape index (κ1) is 30.4. The average Bonchev–Trinajstić information content (AvgIpc) is 2.71. The predicted molar refractivity (Wildman–Crippen MR) is 136 cm³/mol. The van der Waals surface area contributed by atoms with Gasteiger partial charge in [0.05, 0.1) is 6.61 Å². The van der Waals surface area contributed by atoms with E-state index in [4.69, 9.17) is 27.8 Å². The number of esters is 1. The minimum atomic E-state index is -2.85. The normalized spacial score (nSPS) is 31.2. The summed E-state index contributed by atoms with van der Waals surface area (Å²) in [5, 5.41) is 11.1. The smallest absolute Gasteiger partial charge is 0.349 e. The second-order valence-corrected chi connectivity index (χ2v) is 17.1. The summed E-state index contributed by atoms with van der Waals surface area (Å²) in [6, 6.07) is 0. The molecule has 1 N–H and O–H groups in total. The molecule has 2 aliphatic heterocycles. The third kappa shape index (κ3) is 6.55. The molecule has 5 atom stereocenters. The lowest BCUT2D eigenvalue weighted by Crippen LogP contribution is -2.73. The second-order valence-electron chi connectivity index (χ2n) is 12.3. The number of fused-ring (bicyclic) bond motifs is 1. The number of carbonyl (C=O) groups excluding carboxylic acids is 1. The molecule has 9 heteroatoms. The Kier molecular flexibility index (Phi) is 9.81. The predicted octanol–water partition coefficient (Wildman–Crippen LogP) is 4.63. The Balaban J connectivity index is 2.29. The Morgan fingerprint density at radius 1 is 1.17 bits per heavy atom. The number of rotatable bonds is 9. The van der Waals surface area contributed by atoms with Gasteiger partial charge in [-0.2, -0.15) is 0 Å². The van der Waals surface area contributed by atoms with Crippen LogP contribution in [0.3, 0.4) is 0 Å². The summed E-state index contributed by atoms with van der Waals surface area (Å²) < 4.78 is 36.1. The van der Waals surface area contributed by atoms with Crippen LogP contribution in [0.15, 0.2) is 12.2 Å². The highest BCUT2D eigenvalue weighted by molar-refractivity contribution is 6.73. The molecule has 8 nitrogen and oxygen atoms in total. The van der Waals surface area contributed by atoms with Crippen molar-refractivity contribution in [3.63, 3.8) is 0 Å². The molecule has 2 aliphatic rings. The average molecular weight is 517 g/mol. The van der Waals surface area contributed by atoms with Gasteiger partial charge in [-0.25, -0.2) is 0 Å². The van der Waals surface area contributed by atoms with Crippen LogP contribution in [0.2, 0.25) is 10.1 Å². The van der Waals surface area contributed by atoms with Gasteiger partial charge in [0.2, 0.25) is 0 Å². The summed E-state index contributed by atoms with van der Waals surface area (Å²) in [7, 11) is 0.275. The van der Waals surface area contributed by atoms with Crippen molar-refractivity contribution >= 4 is 14.5 Å². The Bertz CT molecular complexity index is 725. The van der Waals surface area contributed by atoms with E-state index in [0.717, 1.165) is 5.57 Å². The molecule has 204 valence electrons. The van der Waals surface area contributed by atoms with Gasteiger partial charge in [-0.05, 0) is 26.7 Å². The van der Waals surface area contributed by atoms with Crippen LogP contribution < -0.4 is 0 Å². The van der Waals surface area contributed by atoms with Gasteiger partial charge in [-0.1, -0.05) is 47.1 Å². The highest BCUT2D eigenvalue weighted by Crippen LogP contribution is 2.55. The first-order chi connectivity index (χ1) is 16.0. The van der Waals surface area contributed by atoms with E-state index in [1.165, 1.54) is 0 Å². The molecule has 0 bridgehead atoms. The summed E-state index contributed by atoms with van der Waals surface area (Å²) in [6.07, 6.45) is -1.76. The fraction of sp³-hybridized carbons (Fsp3) is 0.885. The molecule has 0 saturated carbocycles. The van der Waals surface area contributed by atoms with Crippen molar-refractivity contribution in [2.75, 3.05) is 20.8 Å². The third-order valence-electron chi connectivity index (χ3n) is 7.02. The minimum absolute atomic E-state index is 0.177. The van der Waals surface area contributed by atoms with Gasteiger partial charge >= 0.3 is 14.5 Å². The Hall–Kier alpha value is -0.813. The summed E-state index contributed by atoms with van der Waals surface area (Å²) in [5.74, 6) is -0.405. The molecule has 0 aromatic rings. The fourth-order valence-electron chi connectivity index (χ4n) is 5.73. The topological polar surface area (TPSA) is 92.7 Å². The first-order valence-electron chi connectivity index (χ1n) is 12.6. The zero-order chi connectivity index (χ0) is 26.8. The molecule has 35 heavy (non-hydrogen) atoms. The Labute approximate surface area is 212 Å². The van der Waals surface area contributed by atoms with Crippen molar-refractivity contribution in [3.05, 3.63) is 12.2 Å². The number of hydrogen-bond donors (Lipinski definition) is 1. The van der Waals surface area contributed by atoms with Crippen molar-refractivity contribution in [1.29, 1.82) is 0 Å². The fourth-order valence-corrected chi connectivity index (χ4v) is 10.7. The van der Waals surface area contributed by atoms with Gasteiger partial charge in [0, 0.05) is 37.1 Å². The van der Waals surface area contributed by atoms with Crippen LogP contribution in [-0.4, -0.2) is 76.8 Å². The second kappa shape index (κ2) is 11.3. The SMILES string of the molecule is C=C(C)C[C@@]1(C)O[C@H]2CO[Si](C(C)(C)C)(C(C)(C)C)O[C@@H]2[C@@H](O)[C@@H]1OC(=O)CCCC(OC)OC. The van der Waals surface area contributed by atoms with Crippen LogP contribution in [0.5, 0.6) is 0 Å². The molecule has 0 aromatic heterocycles. The maximum atomic E-state index is 12.8. The molecule has 0 aliphatic carbocycles. The van der Waals surface area contributed by atoms with Crippen LogP contribution in [0.25, 0.3) is 0 Å². The van der Waals surface area contributed by atoms with Gasteiger partial charge < -0.3 is 32.9 Å². The highest BCUT2D eigenvalue weighted by atomic mass is 28.4. The molecule has 0 spiro atoms. The van der Waals surface area contributed by atoms with E-state index in [1.807, 2.05) is 13.8 Å². The van der Waals surface area contributed by atoms with E-state index in [0.29, 0.717) is 25.9 Å². The van der Waals surface area contributed by atoms with Crippen molar-refractivity contribution in [2.45, 2.75) is 127 Å². The van der Waals surface area contributed by atoms with Crippen molar-refractivity contribution in [1.82, 2.24) is 0 Å². The summed E-state index contributed by atoms with van der Waals surface area (Å²) >= 11 is 0. The van der Waals surface area contributed by atoms with Gasteiger partial charge in [-0.15, -0.1) is 6.58 Å². The van der Waals surface area contributed by atoms with Gasteiger partial charge in [0.15, 0.2) is 12.4 Å². The maximum Gasteiger partial charge on any atom is 0.349 e. The van der Waals surface area contributed by atoms with E-state index < -0.39 is 44.5 Å². The molecule has 0 aromatic carbocycles. The van der Waals surface area contributed by atoms with E-state index in [1.54, 1.807) is 14.2 Å². The van der Waals surface area contributed by atoms with Gasteiger partial charge in [0.1, 0.15) is 23.9 Å². The van der Waals surface area contributed by atoms with Crippen LogP contribution in [0.1, 0.15) is 81.1 Å². The number of hydrogen-bond acceptors (Lipinski definition) is 8. The van der Waals surface area contributed by atoms with Crippen molar-refractivity contribution in [2.24, 2.45) is 0 Å². The molecular weight excluding hydrogens is 468 g/mol. The lowest BCUT2D eigenvalue weighted by Gasteiger charge is -2.59. The molecule has 0 amide bonds. The monoisotopic (exact) mass is 516 g/mol. The summed E-state index contributed by atoms with van der Waals surface area (Å²) in [4.78, 5) is 12.8. The van der Waals surface area contributed by atoms with Crippen LogP contribution in [0, 0.1) is 0 Å².